The highest BCUT2D eigenvalue weighted by molar-refractivity contribution is 7.89. The minimum absolute atomic E-state index is 0.00400. The van der Waals surface area contributed by atoms with Gasteiger partial charge in [0.25, 0.3) is 5.91 Å². The van der Waals surface area contributed by atoms with E-state index in [1.165, 1.54) is 40.5 Å². The second kappa shape index (κ2) is 8.61. The van der Waals surface area contributed by atoms with Crippen molar-refractivity contribution in [2.24, 2.45) is 0 Å². The first-order valence-electron chi connectivity index (χ1n) is 8.44. The summed E-state index contributed by atoms with van der Waals surface area (Å²) in [6.07, 6.45) is 0. The molecule has 1 saturated heterocycles. The standard InChI is InChI=1S/C17H25N3O5S/c1-13(2)18-16(21)12-19(3)17(22)14-4-6-15(7-5-14)26(23,24)20-8-10-25-11-9-20/h4-7,13H,8-12H2,1-3H3,(H,18,21). The quantitative estimate of drug-likeness (QED) is 0.762. The number of likely N-dealkylation sites (N-methyl/N-ethyl adjacent to an activating group) is 1. The van der Waals surface area contributed by atoms with Gasteiger partial charge in [0.05, 0.1) is 24.7 Å². The Labute approximate surface area is 154 Å². The van der Waals surface area contributed by atoms with Crippen LogP contribution in [0.2, 0.25) is 0 Å². The molecule has 0 bridgehead atoms. The lowest BCUT2D eigenvalue weighted by Crippen LogP contribution is -2.41. The molecule has 0 aromatic heterocycles. The maximum absolute atomic E-state index is 12.6. The van der Waals surface area contributed by atoms with Gasteiger partial charge in [-0.05, 0) is 38.1 Å². The van der Waals surface area contributed by atoms with Gasteiger partial charge in [-0.3, -0.25) is 9.59 Å². The number of benzene rings is 1. The Kier molecular flexibility index (Phi) is 6.74. The van der Waals surface area contributed by atoms with E-state index in [0.29, 0.717) is 31.9 Å². The summed E-state index contributed by atoms with van der Waals surface area (Å²) in [4.78, 5) is 25.6. The monoisotopic (exact) mass is 383 g/mol. The molecule has 8 nitrogen and oxygen atoms in total. The zero-order valence-electron chi connectivity index (χ0n) is 15.3. The van der Waals surface area contributed by atoms with Crippen LogP contribution in [0, 0.1) is 0 Å². The van der Waals surface area contributed by atoms with Gasteiger partial charge in [0.15, 0.2) is 0 Å². The molecule has 2 rings (SSSR count). The third-order valence-electron chi connectivity index (χ3n) is 3.89. The van der Waals surface area contributed by atoms with Crippen molar-refractivity contribution in [3.63, 3.8) is 0 Å². The fourth-order valence-electron chi connectivity index (χ4n) is 2.58. The van der Waals surface area contributed by atoms with Crippen molar-refractivity contribution in [3.8, 4) is 0 Å². The highest BCUT2D eigenvalue weighted by Gasteiger charge is 2.26. The Morgan fingerprint density at radius 3 is 2.31 bits per heavy atom. The lowest BCUT2D eigenvalue weighted by molar-refractivity contribution is -0.122. The number of amides is 2. The van der Waals surface area contributed by atoms with Gasteiger partial charge >= 0.3 is 0 Å². The fourth-order valence-corrected chi connectivity index (χ4v) is 3.99. The Morgan fingerprint density at radius 1 is 1.19 bits per heavy atom. The zero-order chi connectivity index (χ0) is 19.3. The van der Waals surface area contributed by atoms with E-state index in [4.69, 9.17) is 4.74 Å². The third kappa shape index (κ3) is 5.03. The van der Waals surface area contributed by atoms with E-state index in [0.717, 1.165) is 0 Å². The molecule has 1 aliphatic rings. The molecule has 144 valence electrons. The zero-order valence-corrected chi connectivity index (χ0v) is 16.1. The minimum Gasteiger partial charge on any atom is -0.379 e. The molecule has 9 heteroatoms. The van der Waals surface area contributed by atoms with E-state index in [-0.39, 0.29) is 29.3 Å². The van der Waals surface area contributed by atoms with Crippen LogP contribution in [0.1, 0.15) is 24.2 Å². The van der Waals surface area contributed by atoms with Gasteiger partial charge in [0, 0.05) is 31.7 Å². The molecule has 1 aromatic rings. The summed E-state index contributed by atoms with van der Waals surface area (Å²) in [6, 6.07) is 5.76. The van der Waals surface area contributed by atoms with Crippen molar-refractivity contribution in [1.29, 1.82) is 0 Å². The average Bonchev–Trinajstić information content (AvgIpc) is 2.61. The summed E-state index contributed by atoms with van der Waals surface area (Å²) in [6.45, 7) is 5.00. The van der Waals surface area contributed by atoms with E-state index in [2.05, 4.69) is 5.32 Å². The van der Waals surface area contributed by atoms with Gasteiger partial charge in [0.2, 0.25) is 15.9 Å². The van der Waals surface area contributed by atoms with E-state index in [1.807, 2.05) is 13.8 Å². The molecule has 26 heavy (non-hydrogen) atoms. The second-order valence-electron chi connectivity index (χ2n) is 6.42. The van der Waals surface area contributed by atoms with Gasteiger partial charge in [-0.25, -0.2) is 8.42 Å². The van der Waals surface area contributed by atoms with Crippen molar-refractivity contribution in [1.82, 2.24) is 14.5 Å². The van der Waals surface area contributed by atoms with Crippen LogP contribution in [0.15, 0.2) is 29.2 Å². The van der Waals surface area contributed by atoms with Gasteiger partial charge in [-0.1, -0.05) is 0 Å². The van der Waals surface area contributed by atoms with Crippen LogP contribution >= 0.6 is 0 Å². The molecule has 1 fully saturated rings. The van der Waals surface area contributed by atoms with Crippen LogP contribution in [-0.4, -0.2) is 75.4 Å². The second-order valence-corrected chi connectivity index (χ2v) is 8.36. The summed E-state index contributed by atoms with van der Waals surface area (Å²) < 4.78 is 31.7. The molecule has 0 saturated carbocycles. The Hall–Kier alpha value is -1.97. The molecule has 1 aliphatic heterocycles. The first-order valence-corrected chi connectivity index (χ1v) is 9.88. The lowest BCUT2D eigenvalue weighted by atomic mass is 10.2. The summed E-state index contributed by atoms with van der Waals surface area (Å²) >= 11 is 0. The smallest absolute Gasteiger partial charge is 0.254 e. The van der Waals surface area contributed by atoms with Crippen molar-refractivity contribution in [2.45, 2.75) is 24.8 Å². The minimum atomic E-state index is -3.59. The van der Waals surface area contributed by atoms with Crippen molar-refractivity contribution >= 4 is 21.8 Å². The number of carbonyl (C=O) groups excluding carboxylic acids is 2. The number of hydrogen-bond donors (Lipinski definition) is 1. The topological polar surface area (TPSA) is 96.0 Å². The van der Waals surface area contributed by atoms with Crippen LogP contribution in [0.4, 0.5) is 0 Å². The summed E-state index contributed by atoms with van der Waals surface area (Å²) in [5, 5.41) is 2.72. The maximum atomic E-state index is 12.6. The van der Waals surface area contributed by atoms with Crippen LogP contribution in [0.5, 0.6) is 0 Å². The molecule has 0 aliphatic carbocycles. The van der Waals surface area contributed by atoms with E-state index in [1.54, 1.807) is 0 Å². The van der Waals surface area contributed by atoms with Crippen molar-refractivity contribution in [2.75, 3.05) is 39.9 Å². The first-order chi connectivity index (χ1) is 12.2. The molecule has 0 unspecified atom stereocenters. The van der Waals surface area contributed by atoms with Crippen molar-refractivity contribution in [3.05, 3.63) is 29.8 Å². The van der Waals surface area contributed by atoms with Gasteiger partial charge in [-0.15, -0.1) is 0 Å². The molecular weight excluding hydrogens is 358 g/mol. The maximum Gasteiger partial charge on any atom is 0.254 e. The predicted octanol–water partition coefficient (Wildman–Crippen LogP) is 0.304. The number of hydrogen-bond acceptors (Lipinski definition) is 5. The summed E-state index contributed by atoms with van der Waals surface area (Å²) in [5.41, 5.74) is 0.325. The summed E-state index contributed by atoms with van der Waals surface area (Å²) in [5.74, 6) is -0.596. The SMILES string of the molecule is CC(C)NC(=O)CN(C)C(=O)c1ccc(S(=O)(=O)N2CCOCC2)cc1. The Morgan fingerprint density at radius 2 is 1.77 bits per heavy atom. The van der Waals surface area contributed by atoms with E-state index < -0.39 is 10.0 Å². The Bertz CT molecular complexity index is 740. The first kappa shape index (κ1) is 20.3. The molecule has 1 aromatic carbocycles. The number of nitrogens with zero attached hydrogens (tertiary/aromatic N) is 2. The van der Waals surface area contributed by atoms with Crippen LogP contribution in [-0.2, 0) is 19.6 Å². The highest BCUT2D eigenvalue weighted by Crippen LogP contribution is 2.18. The number of carbonyl (C=O) groups is 2. The van der Waals surface area contributed by atoms with Gasteiger partial charge < -0.3 is 15.0 Å². The van der Waals surface area contributed by atoms with Crippen LogP contribution < -0.4 is 5.32 Å². The van der Waals surface area contributed by atoms with Gasteiger partial charge in [0.1, 0.15) is 0 Å². The third-order valence-corrected chi connectivity index (χ3v) is 5.80. The molecule has 0 radical (unpaired) electrons. The number of sulfonamides is 1. The molecule has 1 N–H and O–H groups in total. The summed E-state index contributed by atoms with van der Waals surface area (Å²) in [7, 11) is -2.06. The normalized spacial score (nSPS) is 15.7. The number of nitrogens with one attached hydrogen (secondary N) is 1. The fraction of sp³-hybridized carbons (Fsp3) is 0.529. The average molecular weight is 383 g/mol. The number of morpholine rings is 1. The largest absolute Gasteiger partial charge is 0.379 e. The number of ether oxygens (including phenoxy) is 1. The molecule has 1 heterocycles. The van der Waals surface area contributed by atoms with Crippen LogP contribution in [0.25, 0.3) is 0 Å². The van der Waals surface area contributed by atoms with E-state index >= 15 is 0 Å². The Balaban J connectivity index is 2.06. The van der Waals surface area contributed by atoms with Crippen molar-refractivity contribution < 1.29 is 22.7 Å². The van der Waals surface area contributed by atoms with E-state index in [9.17, 15) is 18.0 Å². The van der Waals surface area contributed by atoms with Gasteiger partial charge in [-0.2, -0.15) is 4.31 Å². The highest BCUT2D eigenvalue weighted by atomic mass is 32.2. The molecule has 0 atom stereocenters. The predicted molar refractivity (Wildman–Crippen MR) is 96.3 cm³/mol. The van der Waals surface area contributed by atoms with Crippen LogP contribution in [0.3, 0.4) is 0 Å². The lowest BCUT2D eigenvalue weighted by Gasteiger charge is -2.26. The molecule has 0 spiro atoms. The molecular formula is C17H25N3O5S. The molecule has 2 amide bonds. The number of rotatable bonds is 6.